The third-order valence-electron chi connectivity index (χ3n) is 3.86. The Morgan fingerprint density at radius 1 is 1.24 bits per heavy atom. The molecule has 1 aromatic carbocycles. The second kappa shape index (κ2) is 5.02. The SMILES string of the molecule is Cc1csc(C(N)c2ccc3c(c2)n(C)c(=O)n3C)c1Cl. The minimum Gasteiger partial charge on any atom is -0.320 e. The molecule has 0 aliphatic rings. The van der Waals surface area contributed by atoms with Gasteiger partial charge in [-0.15, -0.1) is 11.3 Å². The summed E-state index contributed by atoms with van der Waals surface area (Å²) in [6, 6.07) is 5.57. The summed E-state index contributed by atoms with van der Waals surface area (Å²) in [5.74, 6) is 0. The highest BCUT2D eigenvalue weighted by molar-refractivity contribution is 7.10. The van der Waals surface area contributed by atoms with Gasteiger partial charge in [0.15, 0.2) is 0 Å². The molecule has 3 rings (SSSR count). The lowest BCUT2D eigenvalue weighted by Crippen LogP contribution is -2.19. The van der Waals surface area contributed by atoms with E-state index in [1.165, 1.54) is 0 Å². The number of aromatic nitrogens is 2. The molecule has 0 aliphatic carbocycles. The molecule has 21 heavy (non-hydrogen) atoms. The molecular weight excluding hydrogens is 306 g/mol. The van der Waals surface area contributed by atoms with Gasteiger partial charge >= 0.3 is 5.69 Å². The van der Waals surface area contributed by atoms with Crippen molar-refractivity contribution >= 4 is 34.0 Å². The molecule has 1 unspecified atom stereocenters. The van der Waals surface area contributed by atoms with Crippen molar-refractivity contribution in [2.24, 2.45) is 19.8 Å². The number of benzene rings is 1. The quantitative estimate of drug-likeness (QED) is 0.789. The molecule has 1 atom stereocenters. The summed E-state index contributed by atoms with van der Waals surface area (Å²) in [6.07, 6.45) is 0. The molecule has 110 valence electrons. The first-order valence-electron chi connectivity index (χ1n) is 6.56. The molecule has 0 aliphatic heterocycles. The number of imidazole rings is 1. The number of fused-ring (bicyclic) bond motifs is 1. The fraction of sp³-hybridized carbons (Fsp3) is 0.267. The summed E-state index contributed by atoms with van der Waals surface area (Å²) in [5, 5.41) is 2.74. The molecular formula is C15H16ClN3OS. The van der Waals surface area contributed by atoms with Gasteiger partial charge in [-0.05, 0) is 35.6 Å². The predicted molar refractivity (Wildman–Crippen MR) is 88.3 cm³/mol. The number of nitrogens with two attached hydrogens (primary N) is 1. The minimum absolute atomic E-state index is 0.0410. The summed E-state index contributed by atoms with van der Waals surface area (Å²) >= 11 is 7.87. The molecule has 0 saturated heterocycles. The standard InChI is InChI=1S/C15H16ClN3OS/c1-8-7-21-14(12(8)16)13(17)9-4-5-10-11(6-9)19(3)15(20)18(10)2/h4-7,13H,17H2,1-3H3. The molecule has 2 N–H and O–H groups in total. The van der Waals surface area contributed by atoms with Gasteiger partial charge in [0.2, 0.25) is 0 Å². The van der Waals surface area contributed by atoms with Gasteiger partial charge in [-0.25, -0.2) is 4.79 Å². The van der Waals surface area contributed by atoms with Crippen LogP contribution in [0.15, 0.2) is 28.4 Å². The van der Waals surface area contributed by atoms with E-state index in [9.17, 15) is 4.79 Å². The van der Waals surface area contributed by atoms with Crippen LogP contribution in [0.4, 0.5) is 0 Å². The summed E-state index contributed by atoms with van der Waals surface area (Å²) in [6.45, 7) is 1.97. The Labute approximate surface area is 131 Å². The van der Waals surface area contributed by atoms with Crippen LogP contribution in [0.1, 0.15) is 22.0 Å². The smallest absolute Gasteiger partial charge is 0.320 e. The first kappa shape index (κ1) is 14.4. The van der Waals surface area contributed by atoms with Crippen molar-refractivity contribution in [2.75, 3.05) is 0 Å². The molecule has 0 fully saturated rings. The van der Waals surface area contributed by atoms with Crippen molar-refractivity contribution < 1.29 is 0 Å². The Kier molecular flexibility index (Phi) is 3.43. The Hall–Kier alpha value is -1.56. The van der Waals surface area contributed by atoms with E-state index in [2.05, 4.69) is 0 Å². The van der Waals surface area contributed by atoms with E-state index in [4.69, 9.17) is 17.3 Å². The first-order chi connectivity index (χ1) is 9.91. The normalized spacial score (nSPS) is 13.0. The van der Waals surface area contributed by atoms with E-state index in [0.717, 1.165) is 32.1 Å². The van der Waals surface area contributed by atoms with Crippen LogP contribution in [0.3, 0.4) is 0 Å². The van der Waals surface area contributed by atoms with Gasteiger partial charge in [0, 0.05) is 19.0 Å². The third kappa shape index (κ3) is 2.12. The number of aryl methyl sites for hydroxylation is 3. The summed E-state index contributed by atoms with van der Waals surface area (Å²) in [7, 11) is 3.53. The van der Waals surface area contributed by atoms with Crippen LogP contribution in [0.25, 0.3) is 11.0 Å². The number of hydrogen-bond acceptors (Lipinski definition) is 3. The van der Waals surface area contributed by atoms with Crippen molar-refractivity contribution in [3.8, 4) is 0 Å². The molecule has 2 heterocycles. The van der Waals surface area contributed by atoms with Crippen molar-refractivity contribution in [3.05, 3.63) is 55.1 Å². The summed E-state index contributed by atoms with van der Waals surface area (Å²) in [5.41, 5.74) is 10.1. The second-order valence-corrected chi connectivity index (χ2v) is 6.51. The molecule has 3 aromatic rings. The Balaban J connectivity index is 2.15. The van der Waals surface area contributed by atoms with Crippen LogP contribution in [0, 0.1) is 6.92 Å². The van der Waals surface area contributed by atoms with Crippen LogP contribution >= 0.6 is 22.9 Å². The van der Waals surface area contributed by atoms with Gasteiger partial charge in [-0.3, -0.25) is 9.13 Å². The molecule has 0 bridgehead atoms. The monoisotopic (exact) mass is 321 g/mol. The molecule has 0 radical (unpaired) electrons. The maximum atomic E-state index is 12.0. The Morgan fingerprint density at radius 2 is 1.90 bits per heavy atom. The van der Waals surface area contributed by atoms with Gasteiger partial charge in [0.25, 0.3) is 0 Å². The zero-order valence-corrected chi connectivity index (χ0v) is 13.6. The van der Waals surface area contributed by atoms with Crippen LogP contribution in [-0.4, -0.2) is 9.13 Å². The lowest BCUT2D eigenvalue weighted by molar-refractivity contribution is 0.795. The second-order valence-electron chi connectivity index (χ2n) is 5.22. The van der Waals surface area contributed by atoms with E-state index in [1.54, 1.807) is 34.6 Å². The summed E-state index contributed by atoms with van der Waals surface area (Å²) < 4.78 is 3.26. The number of rotatable bonds is 2. The number of nitrogens with zero attached hydrogens (tertiary/aromatic N) is 2. The van der Waals surface area contributed by atoms with E-state index in [0.29, 0.717) is 0 Å². The zero-order valence-electron chi connectivity index (χ0n) is 12.1. The van der Waals surface area contributed by atoms with Crippen LogP contribution < -0.4 is 11.4 Å². The molecule has 0 spiro atoms. The number of halogens is 1. The molecule has 0 saturated carbocycles. The highest BCUT2D eigenvalue weighted by atomic mass is 35.5. The van der Waals surface area contributed by atoms with Crippen LogP contribution in [-0.2, 0) is 14.1 Å². The fourth-order valence-corrected chi connectivity index (χ4v) is 3.87. The molecule has 2 aromatic heterocycles. The van der Waals surface area contributed by atoms with Gasteiger partial charge in [-0.1, -0.05) is 17.7 Å². The number of thiophene rings is 1. The predicted octanol–water partition coefficient (Wildman–Crippen LogP) is 2.95. The zero-order chi connectivity index (χ0) is 15.3. The Morgan fingerprint density at radius 3 is 2.52 bits per heavy atom. The van der Waals surface area contributed by atoms with Gasteiger partial charge < -0.3 is 5.73 Å². The van der Waals surface area contributed by atoms with Crippen molar-refractivity contribution in [1.82, 2.24) is 9.13 Å². The van der Waals surface area contributed by atoms with Gasteiger partial charge in [0.05, 0.1) is 22.1 Å². The van der Waals surface area contributed by atoms with Crippen LogP contribution in [0.5, 0.6) is 0 Å². The molecule has 0 amide bonds. The van der Waals surface area contributed by atoms with E-state index in [1.807, 2.05) is 30.5 Å². The number of hydrogen-bond donors (Lipinski definition) is 1. The maximum absolute atomic E-state index is 12.0. The maximum Gasteiger partial charge on any atom is 0.328 e. The van der Waals surface area contributed by atoms with Crippen molar-refractivity contribution in [2.45, 2.75) is 13.0 Å². The van der Waals surface area contributed by atoms with Crippen molar-refractivity contribution in [1.29, 1.82) is 0 Å². The molecule has 4 nitrogen and oxygen atoms in total. The van der Waals surface area contributed by atoms with Crippen molar-refractivity contribution in [3.63, 3.8) is 0 Å². The highest BCUT2D eigenvalue weighted by Crippen LogP contribution is 2.35. The Bertz CT molecular complexity index is 890. The minimum atomic E-state index is -0.282. The average molecular weight is 322 g/mol. The van der Waals surface area contributed by atoms with E-state index < -0.39 is 0 Å². The summed E-state index contributed by atoms with van der Waals surface area (Å²) in [4.78, 5) is 12.9. The van der Waals surface area contributed by atoms with E-state index in [-0.39, 0.29) is 11.7 Å². The first-order valence-corrected chi connectivity index (χ1v) is 7.82. The van der Waals surface area contributed by atoms with E-state index >= 15 is 0 Å². The average Bonchev–Trinajstić information content (AvgIpc) is 2.92. The topological polar surface area (TPSA) is 52.9 Å². The largest absolute Gasteiger partial charge is 0.328 e. The lowest BCUT2D eigenvalue weighted by Gasteiger charge is -2.11. The third-order valence-corrected chi connectivity index (χ3v) is 5.66. The lowest BCUT2D eigenvalue weighted by atomic mass is 10.0. The molecule has 6 heteroatoms. The highest BCUT2D eigenvalue weighted by Gasteiger charge is 2.18. The fourth-order valence-electron chi connectivity index (χ4n) is 2.53. The van der Waals surface area contributed by atoms with Gasteiger partial charge in [0.1, 0.15) is 0 Å². The van der Waals surface area contributed by atoms with Crippen LogP contribution in [0.2, 0.25) is 5.02 Å². The van der Waals surface area contributed by atoms with Gasteiger partial charge in [-0.2, -0.15) is 0 Å².